The monoisotopic (exact) mass is 375 g/mol. The second-order valence-corrected chi connectivity index (χ2v) is 7.67. The molecule has 0 bridgehead atoms. The van der Waals surface area contributed by atoms with Crippen LogP contribution in [-0.4, -0.2) is 60.2 Å². The van der Waals surface area contributed by atoms with Crippen molar-refractivity contribution in [2.75, 3.05) is 37.6 Å². The van der Waals surface area contributed by atoms with Gasteiger partial charge in [0.05, 0.1) is 0 Å². The highest BCUT2D eigenvalue weighted by molar-refractivity contribution is 6.30. The number of carbonyl (C=O) groups is 3. The van der Waals surface area contributed by atoms with E-state index < -0.39 is 5.92 Å². The van der Waals surface area contributed by atoms with Gasteiger partial charge >= 0.3 is 0 Å². The Hall–Kier alpha value is -2.08. The Morgan fingerprint density at radius 2 is 1.42 bits per heavy atom. The van der Waals surface area contributed by atoms with Crippen LogP contribution in [-0.2, 0) is 14.4 Å². The van der Waals surface area contributed by atoms with Crippen molar-refractivity contribution in [3.8, 4) is 0 Å². The van der Waals surface area contributed by atoms with Crippen molar-refractivity contribution in [1.29, 1.82) is 0 Å². The first-order chi connectivity index (χ1) is 12.5. The van der Waals surface area contributed by atoms with Gasteiger partial charge in [-0.25, -0.2) is 0 Å². The van der Waals surface area contributed by atoms with Crippen LogP contribution in [0.5, 0.6) is 0 Å². The molecule has 1 atom stereocenters. The zero-order valence-corrected chi connectivity index (χ0v) is 15.3. The topological polar surface area (TPSA) is 60.9 Å². The lowest BCUT2D eigenvalue weighted by Crippen LogP contribution is -2.53. The summed E-state index contributed by atoms with van der Waals surface area (Å²) in [4.78, 5) is 42.9. The van der Waals surface area contributed by atoms with Crippen LogP contribution in [0.15, 0.2) is 24.3 Å². The summed E-state index contributed by atoms with van der Waals surface area (Å²) in [7, 11) is 0. The van der Waals surface area contributed by atoms with Gasteiger partial charge in [0.15, 0.2) is 0 Å². The molecule has 4 rings (SSSR count). The molecule has 3 aliphatic rings. The fraction of sp³-hybridized carbons (Fsp3) is 0.526. The number of nitrogens with zero attached hydrogens (tertiary/aromatic N) is 3. The minimum absolute atomic E-state index is 0.106. The summed E-state index contributed by atoms with van der Waals surface area (Å²) in [6.45, 7) is 2.72. The van der Waals surface area contributed by atoms with Gasteiger partial charge < -0.3 is 14.7 Å². The van der Waals surface area contributed by atoms with Gasteiger partial charge in [-0.05, 0) is 43.5 Å². The smallest absolute Gasteiger partial charge is 0.239 e. The Labute approximate surface area is 157 Å². The molecular weight excluding hydrogens is 354 g/mol. The molecule has 2 saturated heterocycles. The fourth-order valence-corrected chi connectivity index (χ4v) is 3.87. The zero-order valence-electron chi connectivity index (χ0n) is 14.6. The highest BCUT2D eigenvalue weighted by Crippen LogP contribution is 2.32. The standard InChI is InChI=1S/C19H22ClN3O3/c20-14-3-5-15(6-4-14)23-8-7-16(19(23)26)18(25)22-11-9-21(10-12-22)17(24)13-1-2-13/h3-6,13,16H,1-2,7-12H2. The van der Waals surface area contributed by atoms with E-state index in [1.807, 2.05) is 4.90 Å². The largest absolute Gasteiger partial charge is 0.339 e. The lowest BCUT2D eigenvalue weighted by molar-refractivity contribution is -0.145. The zero-order chi connectivity index (χ0) is 18.3. The number of rotatable bonds is 3. The maximum Gasteiger partial charge on any atom is 0.239 e. The molecule has 0 radical (unpaired) electrons. The van der Waals surface area contributed by atoms with Crippen molar-refractivity contribution in [2.45, 2.75) is 19.3 Å². The normalized spacial score (nSPS) is 23.5. The molecule has 0 spiro atoms. The summed E-state index contributed by atoms with van der Waals surface area (Å²) >= 11 is 5.90. The number of benzene rings is 1. The van der Waals surface area contributed by atoms with E-state index in [2.05, 4.69) is 0 Å². The summed E-state index contributed by atoms with van der Waals surface area (Å²) in [6.07, 6.45) is 2.52. The van der Waals surface area contributed by atoms with Gasteiger partial charge in [0.1, 0.15) is 5.92 Å². The summed E-state index contributed by atoms with van der Waals surface area (Å²) in [5, 5.41) is 0.617. The first-order valence-electron chi connectivity index (χ1n) is 9.19. The molecule has 1 unspecified atom stereocenters. The molecular formula is C19H22ClN3O3. The van der Waals surface area contributed by atoms with Crippen molar-refractivity contribution in [2.24, 2.45) is 11.8 Å². The van der Waals surface area contributed by atoms with Crippen molar-refractivity contribution in [1.82, 2.24) is 9.80 Å². The van der Waals surface area contributed by atoms with Gasteiger partial charge in [-0.3, -0.25) is 14.4 Å². The second-order valence-electron chi connectivity index (χ2n) is 7.23. The van der Waals surface area contributed by atoms with Gasteiger partial charge in [-0.1, -0.05) is 11.6 Å². The predicted molar refractivity (Wildman–Crippen MR) is 97.8 cm³/mol. The van der Waals surface area contributed by atoms with Crippen molar-refractivity contribution >= 4 is 35.0 Å². The first-order valence-corrected chi connectivity index (χ1v) is 9.57. The van der Waals surface area contributed by atoms with Crippen molar-refractivity contribution < 1.29 is 14.4 Å². The number of halogens is 1. The molecule has 3 amide bonds. The van der Waals surface area contributed by atoms with E-state index in [4.69, 9.17) is 11.6 Å². The van der Waals surface area contributed by atoms with Crippen LogP contribution < -0.4 is 4.90 Å². The first kappa shape index (κ1) is 17.3. The van der Waals surface area contributed by atoms with Gasteiger partial charge in [0.25, 0.3) is 0 Å². The Morgan fingerprint density at radius 1 is 0.846 bits per heavy atom. The molecule has 1 saturated carbocycles. The highest BCUT2D eigenvalue weighted by atomic mass is 35.5. The van der Waals surface area contributed by atoms with Gasteiger partial charge in [0.2, 0.25) is 17.7 Å². The molecule has 3 fully saturated rings. The van der Waals surface area contributed by atoms with E-state index in [0.29, 0.717) is 44.2 Å². The summed E-state index contributed by atoms with van der Waals surface area (Å²) < 4.78 is 0. The number of carbonyl (C=O) groups excluding carboxylic acids is 3. The Morgan fingerprint density at radius 3 is 2.00 bits per heavy atom. The van der Waals surface area contributed by atoms with E-state index in [-0.39, 0.29) is 23.6 Å². The number of hydrogen-bond acceptors (Lipinski definition) is 3. The molecule has 1 aromatic carbocycles. The Kier molecular flexibility index (Phi) is 4.61. The molecule has 138 valence electrons. The lowest BCUT2D eigenvalue weighted by Gasteiger charge is -2.35. The third-order valence-corrected chi connectivity index (χ3v) is 5.72. The van der Waals surface area contributed by atoms with E-state index in [1.165, 1.54) is 0 Å². The van der Waals surface area contributed by atoms with E-state index in [0.717, 1.165) is 18.5 Å². The van der Waals surface area contributed by atoms with Gasteiger partial charge in [0, 0.05) is 49.4 Å². The molecule has 2 aliphatic heterocycles. The lowest BCUT2D eigenvalue weighted by atomic mass is 10.1. The quantitative estimate of drug-likeness (QED) is 0.756. The number of hydrogen-bond donors (Lipinski definition) is 0. The van der Waals surface area contributed by atoms with E-state index >= 15 is 0 Å². The van der Waals surface area contributed by atoms with Crippen LogP contribution in [0, 0.1) is 11.8 Å². The molecule has 1 aromatic rings. The number of amides is 3. The van der Waals surface area contributed by atoms with Crippen LogP contribution in [0.2, 0.25) is 5.02 Å². The Bertz CT molecular complexity index is 724. The average Bonchev–Trinajstić information content (AvgIpc) is 3.44. The Balaban J connectivity index is 1.36. The molecule has 7 heteroatoms. The number of piperazine rings is 1. The van der Waals surface area contributed by atoms with Crippen molar-refractivity contribution in [3.05, 3.63) is 29.3 Å². The SMILES string of the molecule is O=C(C1CC1)N1CCN(C(=O)C2CCN(c3ccc(Cl)cc3)C2=O)CC1. The minimum atomic E-state index is -0.614. The van der Waals surface area contributed by atoms with Crippen LogP contribution >= 0.6 is 11.6 Å². The highest BCUT2D eigenvalue weighted by Gasteiger charge is 2.41. The summed E-state index contributed by atoms with van der Waals surface area (Å²) in [6, 6.07) is 7.09. The maximum absolute atomic E-state index is 12.8. The number of anilines is 1. The van der Waals surface area contributed by atoms with Crippen LogP contribution in [0.4, 0.5) is 5.69 Å². The molecule has 26 heavy (non-hydrogen) atoms. The summed E-state index contributed by atoms with van der Waals surface area (Å²) in [5.41, 5.74) is 0.773. The van der Waals surface area contributed by atoms with E-state index in [9.17, 15) is 14.4 Å². The molecule has 6 nitrogen and oxygen atoms in total. The van der Waals surface area contributed by atoms with Crippen molar-refractivity contribution in [3.63, 3.8) is 0 Å². The second kappa shape index (κ2) is 6.91. The predicted octanol–water partition coefficient (Wildman–Crippen LogP) is 1.77. The average molecular weight is 376 g/mol. The molecule has 1 aliphatic carbocycles. The maximum atomic E-state index is 12.8. The molecule has 0 aromatic heterocycles. The van der Waals surface area contributed by atoms with E-state index in [1.54, 1.807) is 34.1 Å². The van der Waals surface area contributed by atoms with Crippen LogP contribution in [0.1, 0.15) is 19.3 Å². The third-order valence-electron chi connectivity index (χ3n) is 5.47. The van der Waals surface area contributed by atoms with Crippen LogP contribution in [0.25, 0.3) is 0 Å². The third kappa shape index (κ3) is 3.30. The molecule has 2 heterocycles. The van der Waals surface area contributed by atoms with Crippen LogP contribution in [0.3, 0.4) is 0 Å². The van der Waals surface area contributed by atoms with Gasteiger partial charge in [-0.15, -0.1) is 0 Å². The van der Waals surface area contributed by atoms with Gasteiger partial charge in [-0.2, -0.15) is 0 Å². The minimum Gasteiger partial charge on any atom is -0.339 e. The summed E-state index contributed by atoms with van der Waals surface area (Å²) in [5.74, 6) is -0.431. The fourth-order valence-electron chi connectivity index (χ4n) is 3.74. The molecule has 0 N–H and O–H groups in total.